The molecule has 38 valence electrons. The van der Waals surface area contributed by atoms with Crippen LogP contribution >= 0.6 is 0 Å². The minimum absolute atomic E-state index is 1.53. The number of nitrogens with zero attached hydrogens (tertiary/aromatic N) is 1. The summed E-state index contributed by atoms with van der Waals surface area (Å²) in [5, 5.41) is 1.53. The van der Waals surface area contributed by atoms with E-state index in [1.165, 1.54) is 5.12 Å². The van der Waals surface area contributed by atoms with Gasteiger partial charge in [-0.25, -0.2) is 5.43 Å². The first-order chi connectivity index (χ1) is 2.81. The van der Waals surface area contributed by atoms with Gasteiger partial charge in [0.25, 0.3) is 0 Å². The number of nitrogens with one attached hydrogen (secondary N) is 2. The Morgan fingerprint density at radius 2 is 2.17 bits per heavy atom. The van der Waals surface area contributed by atoms with Crippen LogP contribution in [0.4, 0.5) is 0 Å². The predicted molar refractivity (Wildman–Crippen MR) is 24.1 cm³/mol. The van der Waals surface area contributed by atoms with Crippen LogP contribution in [0.3, 0.4) is 0 Å². The Hall–Kier alpha value is -0.160. The van der Waals surface area contributed by atoms with Gasteiger partial charge in [-0.2, -0.15) is 10.7 Å². The third kappa shape index (κ3) is 2.10. The average molecular weight is 90.1 g/mol. The van der Waals surface area contributed by atoms with Crippen molar-refractivity contribution < 1.29 is 0 Å². The summed E-state index contributed by atoms with van der Waals surface area (Å²) in [6.45, 7) is 0. The van der Waals surface area contributed by atoms with Crippen molar-refractivity contribution in [2.75, 3.05) is 14.1 Å². The first-order valence-corrected chi connectivity index (χ1v) is 1.68. The van der Waals surface area contributed by atoms with E-state index in [0.717, 1.165) is 0 Å². The van der Waals surface area contributed by atoms with Crippen LogP contribution in [0.2, 0.25) is 0 Å². The summed E-state index contributed by atoms with van der Waals surface area (Å²) in [5.74, 6) is 4.90. The quantitative estimate of drug-likeness (QED) is 0.283. The second-order valence-corrected chi connectivity index (χ2v) is 0.912. The molecule has 0 aromatic rings. The fourth-order valence-electron chi connectivity index (χ4n) is 0.0645. The van der Waals surface area contributed by atoms with E-state index in [2.05, 4.69) is 11.0 Å². The number of rotatable bonds is 2. The van der Waals surface area contributed by atoms with E-state index < -0.39 is 0 Å². The van der Waals surface area contributed by atoms with Crippen molar-refractivity contribution >= 4 is 0 Å². The van der Waals surface area contributed by atoms with Gasteiger partial charge in [-0.3, -0.25) is 5.84 Å². The molecule has 0 spiro atoms. The second-order valence-electron chi connectivity index (χ2n) is 0.912. The standard InChI is InChI=1S/C2H10N4/c1-4-6(2)5-3/h4-5H,3H2,1-2H3. The van der Waals surface area contributed by atoms with Gasteiger partial charge in [-0.1, -0.05) is 0 Å². The molecule has 0 amide bonds. The molecule has 0 heterocycles. The van der Waals surface area contributed by atoms with Gasteiger partial charge in [-0.05, 0) is 0 Å². The Morgan fingerprint density at radius 1 is 1.67 bits per heavy atom. The molecule has 0 aliphatic heterocycles. The van der Waals surface area contributed by atoms with E-state index in [1.54, 1.807) is 14.1 Å². The molecule has 0 bridgehead atoms. The molecule has 0 aromatic heterocycles. The molecule has 4 heteroatoms. The zero-order valence-corrected chi connectivity index (χ0v) is 4.02. The average Bonchev–Trinajstić information content (AvgIpc) is 1.65. The number of nitrogens with two attached hydrogens (primary N) is 1. The summed E-state index contributed by atoms with van der Waals surface area (Å²) >= 11 is 0. The number of hydrogen-bond acceptors (Lipinski definition) is 4. The Labute approximate surface area is 37.2 Å². The maximum atomic E-state index is 4.90. The number of hydrogen-bond donors (Lipinski definition) is 3. The lowest BCUT2D eigenvalue weighted by Crippen LogP contribution is -2.46. The minimum Gasteiger partial charge on any atom is -0.256 e. The Bertz CT molecular complexity index is 24.7. The van der Waals surface area contributed by atoms with Gasteiger partial charge in [0.15, 0.2) is 0 Å². The summed E-state index contributed by atoms with van der Waals surface area (Å²) in [5.41, 5.74) is 5.05. The highest BCUT2D eigenvalue weighted by molar-refractivity contribution is 4.12. The highest BCUT2D eigenvalue weighted by atomic mass is 15.8. The van der Waals surface area contributed by atoms with E-state index in [-0.39, 0.29) is 0 Å². The molecule has 0 atom stereocenters. The molecule has 4 nitrogen and oxygen atoms in total. The topological polar surface area (TPSA) is 53.3 Å². The number of hydrazine groups is 3. The SMILES string of the molecule is CNN(C)NN. The van der Waals surface area contributed by atoms with Crippen LogP contribution in [0, 0.1) is 0 Å². The van der Waals surface area contributed by atoms with Crippen LogP contribution in [-0.2, 0) is 0 Å². The van der Waals surface area contributed by atoms with Crippen LogP contribution < -0.4 is 16.8 Å². The minimum atomic E-state index is 1.53. The molecule has 0 radical (unpaired) electrons. The van der Waals surface area contributed by atoms with Crippen molar-refractivity contribution in [3.8, 4) is 0 Å². The van der Waals surface area contributed by atoms with Gasteiger partial charge in [0.2, 0.25) is 0 Å². The monoisotopic (exact) mass is 90.1 g/mol. The van der Waals surface area contributed by atoms with Crippen molar-refractivity contribution in [1.82, 2.24) is 16.1 Å². The van der Waals surface area contributed by atoms with E-state index in [0.29, 0.717) is 0 Å². The van der Waals surface area contributed by atoms with Crippen molar-refractivity contribution in [2.45, 2.75) is 0 Å². The molecular weight excluding hydrogens is 80.1 g/mol. The molecule has 0 aliphatic rings. The third-order valence-electron chi connectivity index (χ3n) is 0.529. The van der Waals surface area contributed by atoms with Crippen molar-refractivity contribution in [3.05, 3.63) is 0 Å². The summed E-state index contributed by atoms with van der Waals surface area (Å²) < 4.78 is 0. The summed E-state index contributed by atoms with van der Waals surface area (Å²) in [6.07, 6.45) is 0. The van der Waals surface area contributed by atoms with E-state index in [4.69, 9.17) is 5.84 Å². The lowest BCUT2D eigenvalue weighted by Gasteiger charge is -2.10. The molecular formula is C2H10N4. The summed E-state index contributed by atoms with van der Waals surface area (Å²) in [4.78, 5) is 0. The maximum absolute atomic E-state index is 4.90. The molecule has 0 aromatic carbocycles. The zero-order valence-electron chi connectivity index (χ0n) is 4.02. The first kappa shape index (κ1) is 5.84. The highest BCUT2D eigenvalue weighted by Crippen LogP contribution is 1.47. The molecule has 0 rings (SSSR count). The van der Waals surface area contributed by atoms with Crippen LogP contribution in [-0.4, -0.2) is 19.2 Å². The Morgan fingerprint density at radius 3 is 2.17 bits per heavy atom. The van der Waals surface area contributed by atoms with Crippen molar-refractivity contribution in [1.29, 1.82) is 0 Å². The molecule has 4 N–H and O–H groups in total. The fraction of sp³-hybridized carbons (Fsp3) is 1.00. The smallest absolute Gasteiger partial charge is 0.0187 e. The molecule has 0 fully saturated rings. The van der Waals surface area contributed by atoms with Gasteiger partial charge >= 0.3 is 0 Å². The van der Waals surface area contributed by atoms with E-state index in [9.17, 15) is 0 Å². The van der Waals surface area contributed by atoms with E-state index >= 15 is 0 Å². The van der Waals surface area contributed by atoms with Crippen LogP contribution in [0.5, 0.6) is 0 Å². The van der Waals surface area contributed by atoms with Gasteiger partial charge in [0, 0.05) is 14.1 Å². The first-order valence-electron chi connectivity index (χ1n) is 1.68. The molecule has 0 aliphatic carbocycles. The third-order valence-corrected chi connectivity index (χ3v) is 0.529. The maximum Gasteiger partial charge on any atom is 0.0187 e. The molecule has 0 saturated carbocycles. The second kappa shape index (κ2) is 3.05. The van der Waals surface area contributed by atoms with Gasteiger partial charge in [0.1, 0.15) is 0 Å². The molecule has 6 heavy (non-hydrogen) atoms. The van der Waals surface area contributed by atoms with Crippen LogP contribution in [0.15, 0.2) is 0 Å². The molecule has 0 saturated heterocycles. The largest absolute Gasteiger partial charge is 0.256 e. The Kier molecular flexibility index (Phi) is 2.97. The van der Waals surface area contributed by atoms with Gasteiger partial charge in [0.05, 0.1) is 0 Å². The van der Waals surface area contributed by atoms with Crippen LogP contribution in [0.25, 0.3) is 0 Å². The fourth-order valence-corrected chi connectivity index (χ4v) is 0.0645. The molecule has 0 unspecified atom stereocenters. The van der Waals surface area contributed by atoms with E-state index in [1.807, 2.05) is 0 Å². The normalized spacial score (nSPS) is 10.0. The zero-order chi connectivity index (χ0) is 4.99. The highest BCUT2D eigenvalue weighted by Gasteiger charge is 1.78. The van der Waals surface area contributed by atoms with Gasteiger partial charge in [-0.15, -0.1) is 0 Å². The van der Waals surface area contributed by atoms with Crippen LogP contribution in [0.1, 0.15) is 0 Å². The van der Waals surface area contributed by atoms with Crippen molar-refractivity contribution in [3.63, 3.8) is 0 Å². The lowest BCUT2D eigenvalue weighted by molar-refractivity contribution is 0.174. The summed E-state index contributed by atoms with van der Waals surface area (Å²) in [6, 6.07) is 0. The van der Waals surface area contributed by atoms with Crippen molar-refractivity contribution in [2.24, 2.45) is 5.84 Å². The predicted octanol–water partition coefficient (Wildman–Crippen LogP) is -1.57. The lowest BCUT2D eigenvalue weighted by atomic mass is 11.3. The summed E-state index contributed by atoms with van der Waals surface area (Å²) in [7, 11) is 3.53. The Balaban J connectivity index is 2.75. The van der Waals surface area contributed by atoms with Gasteiger partial charge < -0.3 is 0 Å².